The van der Waals surface area contributed by atoms with Crippen LogP contribution < -0.4 is 0 Å². The number of likely N-dealkylation sites (tertiary alicyclic amines) is 1. The highest BCUT2D eigenvalue weighted by molar-refractivity contribution is 6.30. The second-order valence-electron chi connectivity index (χ2n) is 8.84. The van der Waals surface area contributed by atoms with Crippen molar-refractivity contribution in [1.29, 1.82) is 0 Å². The molecule has 0 radical (unpaired) electrons. The number of amides is 1. The summed E-state index contributed by atoms with van der Waals surface area (Å²) in [5, 5.41) is 11.1. The van der Waals surface area contributed by atoms with Crippen LogP contribution in [0.1, 0.15) is 44.1 Å². The highest BCUT2D eigenvalue weighted by Crippen LogP contribution is 2.29. The number of ether oxygens (including phenoxy) is 2. The van der Waals surface area contributed by atoms with Gasteiger partial charge in [-0.1, -0.05) is 23.7 Å². The van der Waals surface area contributed by atoms with Crippen LogP contribution in [0.15, 0.2) is 24.3 Å². The van der Waals surface area contributed by atoms with Gasteiger partial charge < -0.3 is 19.5 Å². The molecule has 0 unspecified atom stereocenters. The Labute approximate surface area is 184 Å². The summed E-state index contributed by atoms with van der Waals surface area (Å²) in [7, 11) is 0. The van der Waals surface area contributed by atoms with Gasteiger partial charge in [0.15, 0.2) is 0 Å². The Hall–Kier alpha value is -1.18. The molecule has 3 heterocycles. The molecule has 0 aliphatic carbocycles. The molecule has 3 aliphatic rings. The van der Waals surface area contributed by atoms with E-state index in [0.717, 1.165) is 49.4 Å². The lowest BCUT2D eigenvalue weighted by Crippen LogP contribution is -2.55. The molecule has 166 valence electrons. The van der Waals surface area contributed by atoms with Gasteiger partial charge in [0, 0.05) is 37.2 Å². The quantitative estimate of drug-likeness (QED) is 0.786. The second-order valence-corrected chi connectivity index (χ2v) is 9.27. The molecule has 6 nitrogen and oxygen atoms in total. The van der Waals surface area contributed by atoms with Crippen molar-refractivity contribution in [3.05, 3.63) is 34.9 Å². The highest BCUT2D eigenvalue weighted by Gasteiger charge is 2.38. The molecule has 0 saturated carbocycles. The summed E-state index contributed by atoms with van der Waals surface area (Å²) in [4.78, 5) is 17.0. The zero-order valence-electron chi connectivity index (χ0n) is 17.5. The number of aliphatic hydroxyl groups is 1. The highest BCUT2D eigenvalue weighted by atomic mass is 35.5. The Bertz CT molecular complexity index is 712. The Morgan fingerprint density at radius 1 is 1.17 bits per heavy atom. The minimum absolute atomic E-state index is 0.0540. The number of β-amino-alcohol motifs (C(OH)–C–C–N with tert-alkyl or cyclic N) is 1. The van der Waals surface area contributed by atoms with Gasteiger partial charge in [0.05, 0.1) is 37.9 Å². The van der Waals surface area contributed by atoms with Crippen LogP contribution in [0.3, 0.4) is 0 Å². The van der Waals surface area contributed by atoms with Crippen LogP contribution in [0.4, 0.5) is 0 Å². The predicted molar refractivity (Wildman–Crippen MR) is 115 cm³/mol. The van der Waals surface area contributed by atoms with E-state index in [1.807, 2.05) is 23.1 Å². The summed E-state index contributed by atoms with van der Waals surface area (Å²) in [6, 6.07) is 8.02. The van der Waals surface area contributed by atoms with Crippen molar-refractivity contribution in [2.45, 2.75) is 69.4 Å². The summed E-state index contributed by atoms with van der Waals surface area (Å²) < 4.78 is 12.1. The monoisotopic (exact) mass is 436 g/mol. The molecule has 7 heteroatoms. The number of hydrogen-bond donors (Lipinski definition) is 1. The van der Waals surface area contributed by atoms with Gasteiger partial charge in [0.1, 0.15) is 0 Å². The molecule has 1 aromatic carbocycles. The summed E-state index contributed by atoms with van der Waals surface area (Å²) in [6.07, 6.45) is 5.00. The van der Waals surface area contributed by atoms with Gasteiger partial charge in [-0.25, -0.2) is 0 Å². The second kappa shape index (κ2) is 10.4. The topological polar surface area (TPSA) is 62.2 Å². The van der Waals surface area contributed by atoms with Crippen molar-refractivity contribution >= 4 is 17.5 Å². The van der Waals surface area contributed by atoms with E-state index in [2.05, 4.69) is 11.0 Å². The summed E-state index contributed by atoms with van der Waals surface area (Å²) in [5.41, 5.74) is 1.12. The molecule has 3 saturated heterocycles. The maximum atomic E-state index is 12.7. The third-order valence-electron chi connectivity index (χ3n) is 6.47. The first-order valence-corrected chi connectivity index (χ1v) is 11.6. The number of benzene rings is 1. The lowest BCUT2D eigenvalue weighted by molar-refractivity contribution is -0.161. The van der Waals surface area contributed by atoms with Gasteiger partial charge in [-0.05, 0) is 49.8 Å². The van der Waals surface area contributed by atoms with Crippen LogP contribution in [-0.4, -0.2) is 78.0 Å². The lowest BCUT2D eigenvalue weighted by atomic mass is 9.94. The van der Waals surface area contributed by atoms with Crippen molar-refractivity contribution in [3.8, 4) is 0 Å². The fourth-order valence-electron chi connectivity index (χ4n) is 4.96. The first-order chi connectivity index (χ1) is 14.6. The number of halogens is 1. The van der Waals surface area contributed by atoms with Crippen LogP contribution in [0.2, 0.25) is 5.02 Å². The average Bonchev–Trinajstić information content (AvgIpc) is 2.73. The van der Waals surface area contributed by atoms with Crippen LogP contribution in [-0.2, 0) is 20.8 Å². The number of piperidine rings is 1. The minimum Gasteiger partial charge on any atom is -0.389 e. The smallest absolute Gasteiger partial charge is 0.225 e. The molecule has 4 atom stereocenters. The van der Waals surface area contributed by atoms with Crippen LogP contribution >= 0.6 is 11.6 Å². The molecule has 4 rings (SSSR count). The van der Waals surface area contributed by atoms with Gasteiger partial charge in [-0.2, -0.15) is 0 Å². The number of fused-ring (bicyclic) bond motifs is 1. The van der Waals surface area contributed by atoms with Crippen LogP contribution in [0.5, 0.6) is 0 Å². The molecule has 1 aromatic rings. The van der Waals surface area contributed by atoms with Crippen molar-refractivity contribution in [2.24, 2.45) is 0 Å². The summed E-state index contributed by atoms with van der Waals surface area (Å²) in [5.74, 6) is 0.219. The standard InChI is InChI=1S/C23H33ClN2O4/c24-18-6-4-5-17(11-18)13-26-14-19(27)15-29-16-22-21(26)8-7-20(30-22)12-23(28)25-9-2-1-3-10-25/h4-6,11,19-22,27H,1-3,7-10,12-16H2/t19-,20-,21+,22-/m0/s1. The zero-order chi connectivity index (χ0) is 20.9. The summed E-state index contributed by atoms with van der Waals surface area (Å²) >= 11 is 6.17. The number of hydrogen-bond acceptors (Lipinski definition) is 5. The Balaban J connectivity index is 1.40. The molecular formula is C23H33ClN2O4. The molecule has 0 aromatic heterocycles. The van der Waals surface area contributed by atoms with Gasteiger partial charge in [0.2, 0.25) is 5.91 Å². The molecule has 3 fully saturated rings. The lowest BCUT2D eigenvalue weighted by Gasteiger charge is -2.44. The third-order valence-corrected chi connectivity index (χ3v) is 6.71. The predicted octanol–water partition coefficient (Wildman–Crippen LogP) is 2.85. The third kappa shape index (κ3) is 5.74. The molecule has 0 bridgehead atoms. The summed E-state index contributed by atoms with van der Waals surface area (Å²) in [6.45, 7) is 3.75. The fraction of sp³-hybridized carbons (Fsp3) is 0.696. The molecular weight excluding hydrogens is 404 g/mol. The van der Waals surface area contributed by atoms with Gasteiger partial charge in [0.25, 0.3) is 0 Å². The molecule has 1 amide bonds. The molecule has 1 N–H and O–H groups in total. The van der Waals surface area contributed by atoms with Gasteiger partial charge in [-0.15, -0.1) is 0 Å². The normalized spacial score (nSPS) is 30.9. The van der Waals surface area contributed by atoms with E-state index in [1.165, 1.54) is 6.42 Å². The van der Waals surface area contributed by atoms with E-state index in [1.54, 1.807) is 0 Å². The molecule has 3 aliphatic heterocycles. The van der Waals surface area contributed by atoms with Crippen molar-refractivity contribution in [3.63, 3.8) is 0 Å². The Morgan fingerprint density at radius 3 is 2.80 bits per heavy atom. The van der Waals surface area contributed by atoms with Crippen LogP contribution in [0, 0.1) is 0 Å². The number of carbonyl (C=O) groups excluding carboxylic acids is 1. The fourth-order valence-corrected chi connectivity index (χ4v) is 5.18. The Morgan fingerprint density at radius 2 is 2.00 bits per heavy atom. The van der Waals surface area contributed by atoms with E-state index < -0.39 is 6.10 Å². The minimum atomic E-state index is -0.525. The number of carbonyl (C=O) groups is 1. The Kier molecular flexibility index (Phi) is 7.65. The first kappa shape index (κ1) is 22.0. The number of nitrogens with zero attached hydrogens (tertiary/aromatic N) is 2. The SMILES string of the molecule is O=C(C[C@@H]1CC[C@@H]2[C@H](COC[C@@H](O)CN2Cc2cccc(Cl)c2)O1)N1CCCCC1. The molecule has 30 heavy (non-hydrogen) atoms. The molecule has 0 spiro atoms. The van der Waals surface area contributed by atoms with Gasteiger partial charge in [-0.3, -0.25) is 9.69 Å². The van der Waals surface area contributed by atoms with E-state index in [0.29, 0.717) is 32.7 Å². The largest absolute Gasteiger partial charge is 0.389 e. The average molecular weight is 437 g/mol. The van der Waals surface area contributed by atoms with Crippen molar-refractivity contribution in [1.82, 2.24) is 9.80 Å². The number of rotatable bonds is 4. The van der Waals surface area contributed by atoms with E-state index in [-0.39, 0.29) is 24.2 Å². The van der Waals surface area contributed by atoms with Crippen molar-refractivity contribution in [2.75, 3.05) is 32.8 Å². The zero-order valence-corrected chi connectivity index (χ0v) is 18.3. The van der Waals surface area contributed by atoms with Crippen molar-refractivity contribution < 1.29 is 19.4 Å². The maximum Gasteiger partial charge on any atom is 0.225 e. The van der Waals surface area contributed by atoms with Gasteiger partial charge >= 0.3 is 0 Å². The van der Waals surface area contributed by atoms with E-state index in [4.69, 9.17) is 21.1 Å². The first-order valence-electron chi connectivity index (χ1n) is 11.3. The van der Waals surface area contributed by atoms with Crippen LogP contribution in [0.25, 0.3) is 0 Å². The van der Waals surface area contributed by atoms with E-state index >= 15 is 0 Å². The number of aliphatic hydroxyl groups excluding tert-OH is 1. The van der Waals surface area contributed by atoms with E-state index in [9.17, 15) is 9.90 Å². The maximum absolute atomic E-state index is 12.7.